The van der Waals surface area contributed by atoms with Gasteiger partial charge in [0, 0.05) is 5.57 Å². The Bertz CT molecular complexity index is 227. The molecule has 0 bridgehead atoms. The number of hydrogen-bond acceptors (Lipinski definition) is 2. The van der Waals surface area contributed by atoms with Gasteiger partial charge in [-0.05, 0) is 31.1 Å². The lowest BCUT2D eigenvalue weighted by atomic mass is 9.81. The van der Waals surface area contributed by atoms with Crippen LogP contribution in [-0.4, -0.2) is 12.6 Å². The first-order valence-electron chi connectivity index (χ1n) is 5.57. The van der Waals surface area contributed by atoms with E-state index in [0.717, 1.165) is 12.8 Å². The van der Waals surface area contributed by atoms with Gasteiger partial charge in [-0.2, -0.15) is 0 Å². The fraction of sp³-hybridized carbons (Fsp3) is 0.769. The van der Waals surface area contributed by atoms with Gasteiger partial charge < -0.3 is 4.74 Å². The summed E-state index contributed by atoms with van der Waals surface area (Å²) in [5, 5.41) is 0. The van der Waals surface area contributed by atoms with Gasteiger partial charge in [0.1, 0.15) is 0 Å². The molecule has 0 fully saturated rings. The van der Waals surface area contributed by atoms with Gasteiger partial charge in [-0.1, -0.05) is 34.3 Å². The zero-order chi connectivity index (χ0) is 12.1. The Labute approximate surface area is 93.7 Å². The minimum absolute atomic E-state index is 0.240. The molecule has 0 aromatic heterocycles. The van der Waals surface area contributed by atoms with Gasteiger partial charge in [0.05, 0.1) is 6.61 Å². The molecule has 0 radical (unpaired) electrons. The summed E-state index contributed by atoms with van der Waals surface area (Å²) < 4.78 is 5.08. The Kier molecular flexibility index (Phi) is 5.63. The summed E-state index contributed by atoms with van der Waals surface area (Å²) in [6, 6.07) is 0. The molecule has 0 heterocycles. The number of carbonyl (C=O) groups excluding carboxylic acids is 1. The fourth-order valence-electron chi connectivity index (χ4n) is 1.75. The van der Waals surface area contributed by atoms with Crippen LogP contribution in [0.25, 0.3) is 0 Å². The molecule has 0 spiro atoms. The molecule has 0 aliphatic heterocycles. The second-order valence-electron chi connectivity index (χ2n) is 5.43. The quantitative estimate of drug-likeness (QED) is 0.497. The molecule has 88 valence electrons. The van der Waals surface area contributed by atoms with Crippen molar-refractivity contribution in [1.82, 2.24) is 0 Å². The van der Waals surface area contributed by atoms with Crippen molar-refractivity contribution < 1.29 is 9.53 Å². The maximum absolute atomic E-state index is 11.1. The Hall–Kier alpha value is -0.790. The lowest BCUT2D eigenvalue weighted by Crippen LogP contribution is -2.18. The van der Waals surface area contributed by atoms with Crippen molar-refractivity contribution >= 4 is 5.97 Å². The average molecular weight is 212 g/mol. The molecule has 0 aliphatic rings. The molecule has 0 amide bonds. The predicted molar refractivity (Wildman–Crippen MR) is 63.6 cm³/mol. The van der Waals surface area contributed by atoms with Crippen LogP contribution in [0.2, 0.25) is 0 Å². The minimum atomic E-state index is -0.282. The first-order chi connectivity index (χ1) is 6.74. The molecular weight excluding hydrogens is 188 g/mol. The van der Waals surface area contributed by atoms with E-state index in [1.165, 1.54) is 0 Å². The first kappa shape index (κ1) is 14.2. The van der Waals surface area contributed by atoms with Gasteiger partial charge in [-0.25, -0.2) is 4.79 Å². The number of hydrogen-bond donors (Lipinski definition) is 0. The number of esters is 1. The molecule has 2 nitrogen and oxygen atoms in total. The standard InChI is InChI=1S/C13H24O2/c1-10(2)9-13(5,6)7-8-15-12(14)11(3)4/h10H,3,7-9H2,1-2,4-6H3. The van der Waals surface area contributed by atoms with E-state index in [-0.39, 0.29) is 11.4 Å². The van der Waals surface area contributed by atoms with Crippen LogP contribution in [-0.2, 0) is 9.53 Å². The van der Waals surface area contributed by atoms with Gasteiger partial charge >= 0.3 is 5.97 Å². The van der Waals surface area contributed by atoms with Gasteiger partial charge in [0.25, 0.3) is 0 Å². The topological polar surface area (TPSA) is 26.3 Å². The Morgan fingerprint density at radius 3 is 2.33 bits per heavy atom. The molecule has 0 unspecified atom stereocenters. The first-order valence-corrected chi connectivity index (χ1v) is 5.57. The monoisotopic (exact) mass is 212 g/mol. The Balaban J connectivity index is 3.84. The Morgan fingerprint density at radius 2 is 1.93 bits per heavy atom. The van der Waals surface area contributed by atoms with Crippen molar-refractivity contribution in [3.05, 3.63) is 12.2 Å². The van der Waals surface area contributed by atoms with Crippen molar-refractivity contribution in [3.63, 3.8) is 0 Å². The highest BCUT2D eigenvalue weighted by atomic mass is 16.5. The smallest absolute Gasteiger partial charge is 0.333 e. The van der Waals surface area contributed by atoms with E-state index in [9.17, 15) is 4.79 Å². The SMILES string of the molecule is C=C(C)C(=O)OCCC(C)(C)CC(C)C. The normalized spacial score (nSPS) is 11.6. The summed E-state index contributed by atoms with van der Waals surface area (Å²) >= 11 is 0. The van der Waals surface area contributed by atoms with Gasteiger partial charge in [0.2, 0.25) is 0 Å². The maximum atomic E-state index is 11.1. The zero-order valence-corrected chi connectivity index (χ0v) is 10.7. The summed E-state index contributed by atoms with van der Waals surface area (Å²) in [5.41, 5.74) is 0.709. The molecule has 2 heteroatoms. The van der Waals surface area contributed by atoms with E-state index in [0.29, 0.717) is 18.1 Å². The van der Waals surface area contributed by atoms with Crippen LogP contribution in [0.15, 0.2) is 12.2 Å². The van der Waals surface area contributed by atoms with E-state index in [2.05, 4.69) is 34.3 Å². The summed E-state index contributed by atoms with van der Waals surface area (Å²) in [6.07, 6.45) is 2.06. The second-order valence-corrected chi connectivity index (χ2v) is 5.43. The molecular formula is C13H24O2. The predicted octanol–water partition coefficient (Wildman–Crippen LogP) is 3.57. The van der Waals surface area contributed by atoms with Crippen LogP contribution in [0.3, 0.4) is 0 Å². The third-order valence-electron chi connectivity index (χ3n) is 2.32. The molecule has 0 saturated heterocycles. The van der Waals surface area contributed by atoms with Crippen molar-refractivity contribution in [3.8, 4) is 0 Å². The van der Waals surface area contributed by atoms with Crippen LogP contribution in [0.5, 0.6) is 0 Å². The van der Waals surface area contributed by atoms with E-state index in [1.807, 2.05) is 0 Å². The number of carbonyl (C=O) groups is 1. The summed E-state index contributed by atoms with van der Waals surface area (Å²) in [6.45, 7) is 14.5. The van der Waals surface area contributed by atoms with Crippen LogP contribution in [0.1, 0.15) is 47.5 Å². The van der Waals surface area contributed by atoms with Gasteiger partial charge in [0.15, 0.2) is 0 Å². The molecule has 0 aromatic carbocycles. The maximum Gasteiger partial charge on any atom is 0.333 e. The van der Waals surface area contributed by atoms with Crippen molar-refractivity contribution in [2.24, 2.45) is 11.3 Å². The second kappa shape index (κ2) is 5.94. The largest absolute Gasteiger partial charge is 0.462 e. The third kappa shape index (κ3) is 7.18. The highest BCUT2D eigenvalue weighted by Gasteiger charge is 2.19. The molecule has 0 saturated carbocycles. The number of ether oxygens (including phenoxy) is 1. The van der Waals surface area contributed by atoms with Gasteiger partial charge in [-0.3, -0.25) is 0 Å². The van der Waals surface area contributed by atoms with E-state index in [1.54, 1.807) is 6.92 Å². The molecule has 0 N–H and O–H groups in total. The van der Waals surface area contributed by atoms with E-state index in [4.69, 9.17) is 4.74 Å². The molecule has 15 heavy (non-hydrogen) atoms. The summed E-state index contributed by atoms with van der Waals surface area (Å²) in [7, 11) is 0. The number of rotatable bonds is 6. The van der Waals surface area contributed by atoms with Crippen molar-refractivity contribution in [2.75, 3.05) is 6.61 Å². The lowest BCUT2D eigenvalue weighted by Gasteiger charge is -2.26. The zero-order valence-electron chi connectivity index (χ0n) is 10.7. The van der Waals surface area contributed by atoms with E-state index >= 15 is 0 Å². The highest BCUT2D eigenvalue weighted by molar-refractivity contribution is 5.86. The molecule has 0 aliphatic carbocycles. The summed E-state index contributed by atoms with van der Waals surface area (Å²) in [5.74, 6) is 0.396. The Morgan fingerprint density at radius 1 is 1.40 bits per heavy atom. The van der Waals surface area contributed by atoms with Crippen molar-refractivity contribution in [2.45, 2.75) is 47.5 Å². The van der Waals surface area contributed by atoms with Crippen LogP contribution in [0.4, 0.5) is 0 Å². The van der Waals surface area contributed by atoms with Crippen LogP contribution >= 0.6 is 0 Å². The molecule has 0 rings (SSSR count). The fourth-order valence-corrected chi connectivity index (χ4v) is 1.75. The molecule has 0 atom stereocenters. The van der Waals surface area contributed by atoms with Gasteiger partial charge in [-0.15, -0.1) is 0 Å². The lowest BCUT2D eigenvalue weighted by molar-refractivity contribution is -0.139. The van der Waals surface area contributed by atoms with Crippen LogP contribution in [0, 0.1) is 11.3 Å². The summed E-state index contributed by atoms with van der Waals surface area (Å²) in [4.78, 5) is 11.1. The minimum Gasteiger partial charge on any atom is -0.462 e. The third-order valence-corrected chi connectivity index (χ3v) is 2.32. The molecule has 0 aromatic rings. The average Bonchev–Trinajstić information content (AvgIpc) is 2.00. The van der Waals surface area contributed by atoms with E-state index < -0.39 is 0 Å². The van der Waals surface area contributed by atoms with Crippen LogP contribution < -0.4 is 0 Å². The van der Waals surface area contributed by atoms with Crippen molar-refractivity contribution in [1.29, 1.82) is 0 Å². The highest BCUT2D eigenvalue weighted by Crippen LogP contribution is 2.28.